The van der Waals surface area contributed by atoms with Gasteiger partial charge in [-0.25, -0.2) is 4.98 Å². The van der Waals surface area contributed by atoms with Crippen LogP contribution in [0.5, 0.6) is 5.75 Å². The number of para-hydroxylation sites is 1. The number of benzene rings is 1. The Bertz CT molecular complexity index is 789. The number of nitrogens with zero attached hydrogens (tertiary/aromatic N) is 2. The molecule has 0 saturated carbocycles. The molecule has 1 aliphatic heterocycles. The molecule has 0 radical (unpaired) electrons. The summed E-state index contributed by atoms with van der Waals surface area (Å²) in [5.41, 5.74) is 1.31. The van der Waals surface area contributed by atoms with E-state index in [9.17, 15) is 9.59 Å². The summed E-state index contributed by atoms with van der Waals surface area (Å²) in [5, 5.41) is 11.4. The van der Waals surface area contributed by atoms with Gasteiger partial charge >= 0.3 is 5.97 Å². The summed E-state index contributed by atoms with van der Waals surface area (Å²) in [6.07, 6.45) is 2.64. The molecule has 0 aliphatic carbocycles. The smallest absolute Gasteiger partial charge is 0.303 e. The second-order valence-electron chi connectivity index (χ2n) is 6.43. The van der Waals surface area contributed by atoms with Crippen LogP contribution in [0.15, 0.2) is 29.6 Å². The van der Waals surface area contributed by atoms with E-state index in [1.54, 1.807) is 17.4 Å². The van der Waals surface area contributed by atoms with Crippen LogP contribution >= 0.6 is 11.3 Å². The average molecular weight is 374 g/mol. The largest absolute Gasteiger partial charge is 0.496 e. The molecule has 2 aromatic rings. The minimum atomic E-state index is -0.783. The van der Waals surface area contributed by atoms with Gasteiger partial charge in [0.25, 0.3) is 5.91 Å². The number of aliphatic carboxylic acids is 1. The summed E-state index contributed by atoms with van der Waals surface area (Å²) in [5.74, 6) is 0.112. The SMILES string of the molecule is COc1ccccc1-c1nc(C(=O)N2CCC[C@@H](CCC(=O)O)C2)cs1. The van der Waals surface area contributed by atoms with Gasteiger partial charge in [-0.15, -0.1) is 11.3 Å². The summed E-state index contributed by atoms with van der Waals surface area (Å²) in [6.45, 7) is 1.30. The fraction of sp³-hybridized carbons (Fsp3) is 0.421. The molecule has 1 aromatic heterocycles. The topological polar surface area (TPSA) is 79.7 Å². The molecule has 138 valence electrons. The highest BCUT2D eigenvalue weighted by Gasteiger charge is 2.26. The molecule has 0 bridgehead atoms. The lowest BCUT2D eigenvalue weighted by molar-refractivity contribution is -0.137. The number of piperidine rings is 1. The third-order valence-electron chi connectivity index (χ3n) is 4.63. The first-order chi connectivity index (χ1) is 12.6. The van der Waals surface area contributed by atoms with Crippen LogP contribution in [0.4, 0.5) is 0 Å². The molecule has 1 amide bonds. The van der Waals surface area contributed by atoms with Crippen LogP contribution in [-0.2, 0) is 4.79 Å². The zero-order valence-electron chi connectivity index (χ0n) is 14.7. The quantitative estimate of drug-likeness (QED) is 0.837. The number of methoxy groups -OCH3 is 1. The van der Waals surface area contributed by atoms with E-state index < -0.39 is 5.97 Å². The second kappa shape index (κ2) is 8.31. The van der Waals surface area contributed by atoms with Crippen LogP contribution in [-0.4, -0.2) is 47.1 Å². The number of aromatic nitrogens is 1. The van der Waals surface area contributed by atoms with Crippen molar-refractivity contribution in [3.05, 3.63) is 35.3 Å². The van der Waals surface area contributed by atoms with Crippen LogP contribution in [0.3, 0.4) is 0 Å². The highest BCUT2D eigenvalue weighted by molar-refractivity contribution is 7.13. The van der Waals surface area contributed by atoms with Crippen LogP contribution in [0, 0.1) is 5.92 Å². The minimum absolute atomic E-state index is 0.0811. The maximum Gasteiger partial charge on any atom is 0.303 e. The fourth-order valence-electron chi connectivity index (χ4n) is 3.29. The predicted octanol–water partition coefficient (Wildman–Crippen LogP) is 3.54. The summed E-state index contributed by atoms with van der Waals surface area (Å²) >= 11 is 1.42. The van der Waals surface area contributed by atoms with Crippen molar-refractivity contribution < 1.29 is 19.4 Å². The molecule has 6 nitrogen and oxygen atoms in total. The highest BCUT2D eigenvalue weighted by Crippen LogP contribution is 2.32. The number of amides is 1. The van der Waals surface area contributed by atoms with E-state index in [2.05, 4.69) is 4.98 Å². The van der Waals surface area contributed by atoms with Gasteiger partial charge in [-0.1, -0.05) is 12.1 Å². The number of hydrogen-bond acceptors (Lipinski definition) is 5. The Hall–Kier alpha value is -2.41. The summed E-state index contributed by atoms with van der Waals surface area (Å²) in [6, 6.07) is 7.61. The van der Waals surface area contributed by atoms with Crippen LogP contribution in [0.2, 0.25) is 0 Å². The lowest BCUT2D eigenvalue weighted by atomic mass is 9.93. The summed E-state index contributed by atoms with van der Waals surface area (Å²) in [7, 11) is 1.61. The van der Waals surface area contributed by atoms with E-state index in [1.165, 1.54) is 11.3 Å². The molecule has 1 atom stereocenters. The van der Waals surface area contributed by atoms with E-state index in [-0.39, 0.29) is 18.2 Å². The van der Waals surface area contributed by atoms with Gasteiger partial charge in [0.1, 0.15) is 16.5 Å². The minimum Gasteiger partial charge on any atom is -0.496 e. The molecule has 1 fully saturated rings. The number of rotatable bonds is 6. The highest BCUT2D eigenvalue weighted by atomic mass is 32.1. The zero-order chi connectivity index (χ0) is 18.5. The Morgan fingerprint density at radius 1 is 1.38 bits per heavy atom. The first-order valence-electron chi connectivity index (χ1n) is 8.68. The number of hydrogen-bond donors (Lipinski definition) is 1. The van der Waals surface area contributed by atoms with Crippen molar-refractivity contribution in [2.45, 2.75) is 25.7 Å². The standard InChI is InChI=1S/C19H22N2O4S/c1-25-16-7-3-2-6-14(16)18-20-15(12-26-18)19(24)21-10-4-5-13(11-21)8-9-17(22)23/h2-3,6-7,12-13H,4-5,8-11H2,1H3,(H,22,23)/t13-/m0/s1. The number of carboxylic acid groups (broad SMARTS) is 1. The van der Waals surface area contributed by atoms with E-state index in [0.717, 1.165) is 29.2 Å². The van der Waals surface area contributed by atoms with Gasteiger partial charge < -0.3 is 14.7 Å². The van der Waals surface area contributed by atoms with E-state index >= 15 is 0 Å². The van der Waals surface area contributed by atoms with Gasteiger partial charge in [0.15, 0.2) is 0 Å². The third kappa shape index (κ3) is 4.22. The average Bonchev–Trinajstić information content (AvgIpc) is 3.16. The molecule has 1 N–H and O–H groups in total. The first-order valence-corrected chi connectivity index (χ1v) is 9.56. The van der Waals surface area contributed by atoms with Crippen molar-refractivity contribution in [2.75, 3.05) is 20.2 Å². The molecule has 1 aromatic carbocycles. The number of ether oxygens (including phenoxy) is 1. The molecule has 0 unspecified atom stereocenters. The van der Waals surface area contributed by atoms with Crippen molar-refractivity contribution in [1.29, 1.82) is 0 Å². The van der Waals surface area contributed by atoms with Crippen LogP contribution < -0.4 is 4.74 Å². The van der Waals surface area contributed by atoms with Gasteiger partial charge in [0.2, 0.25) is 0 Å². The molecule has 1 aliphatic rings. The lowest BCUT2D eigenvalue weighted by Crippen LogP contribution is -2.40. The Morgan fingerprint density at radius 3 is 2.96 bits per heavy atom. The molecule has 2 heterocycles. The maximum absolute atomic E-state index is 12.8. The zero-order valence-corrected chi connectivity index (χ0v) is 15.5. The van der Waals surface area contributed by atoms with Crippen molar-refractivity contribution in [3.8, 4) is 16.3 Å². The maximum atomic E-state index is 12.8. The number of carbonyl (C=O) groups excluding carboxylic acids is 1. The van der Waals surface area contributed by atoms with Gasteiger partial charge in [-0.05, 0) is 37.3 Å². The molecule has 1 saturated heterocycles. The molecule has 0 spiro atoms. The molecule has 7 heteroatoms. The van der Waals surface area contributed by atoms with Crippen LogP contribution in [0.25, 0.3) is 10.6 Å². The van der Waals surface area contributed by atoms with E-state index in [0.29, 0.717) is 25.2 Å². The summed E-state index contributed by atoms with van der Waals surface area (Å²) in [4.78, 5) is 29.9. The monoisotopic (exact) mass is 374 g/mol. The molecular weight excluding hydrogens is 352 g/mol. The predicted molar refractivity (Wildman–Crippen MR) is 99.6 cm³/mol. The third-order valence-corrected chi connectivity index (χ3v) is 5.51. The summed E-state index contributed by atoms with van der Waals surface area (Å²) < 4.78 is 5.37. The van der Waals surface area contributed by atoms with Crippen molar-refractivity contribution >= 4 is 23.2 Å². The van der Waals surface area contributed by atoms with Crippen molar-refractivity contribution in [2.24, 2.45) is 5.92 Å². The first kappa shape index (κ1) is 18.4. The number of carbonyl (C=O) groups is 2. The van der Waals surface area contributed by atoms with Crippen LogP contribution in [0.1, 0.15) is 36.2 Å². The Labute approximate surface area is 156 Å². The Balaban J connectivity index is 1.70. The molecule has 26 heavy (non-hydrogen) atoms. The fourth-order valence-corrected chi connectivity index (χ4v) is 4.12. The van der Waals surface area contributed by atoms with Gasteiger partial charge in [-0.3, -0.25) is 9.59 Å². The number of carboxylic acids is 1. The van der Waals surface area contributed by atoms with E-state index in [1.807, 2.05) is 24.3 Å². The molecular formula is C19H22N2O4S. The van der Waals surface area contributed by atoms with Crippen molar-refractivity contribution in [1.82, 2.24) is 9.88 Å². The Morgan fingerprint density at radius 2 is 2.19 bits per heavy atom. The lowest BCUT2D eigenvalue weighted by Gasteiger charge is -2.32. The van der Waals surface area contributed by atoms with Gasteiger partial charge in [0, 0.05) is 24.9 Å². The normalized spacial score (nSPS) is 17.1. The Kier molecular flexibility index (Phi) is 5.88. The van der Waals surface area contributed by atoms with Crippen molar-refractivity contribution in [3.63, 3.8) is 0 Å². The van der Waals surface area contributed by atoms with E-state index in [4.69, 9.17) is 9.84 Å². The number of likely N-dealkylation sites (tertiary alicyclic amines) is 1. The number of thiazole rings is 1. The van der Waals surface area contributed by atoms with Gasteiger partial charge in [-0.2, -0.15) is 0 Å². The van der Waals surface area contributed by atoms with Gasteiger partial charge in [0.05, 0.1) is 12.7 Å². The second-order valence-corrected chi connectivity index (χ2v) is 7.29. The molecule has 3 rings (SSSR count).